The first-order chi connectivity index (χ1) is 15.9. The minimum Gasteiger partial charge on any atom is -0.339 e. The van der Waals surface area contributed by atoms with E-state index in [1.165, 1.54) is 6.42 Å². The van der Waals surface area contributed by atoms with E-state index in [4.69, 9.17) is 0 Å². The van der Waals surface area contributed by atoms with Crippen LogP contribution in [0.25, 0.3) is 0 Å². The summed E-state index contributed by atoms with van der Waals surface area (Å²) in [7, 11) is -3.56. The van der Waals surface area contributed by atoms with Crippen molar-refractivity contribution >= 4 is 27.5 Å². The van der Waals surface area contributed by atoms with Gasteiger partial charge in [0.1, 0.15) is 0 Å². The lowest BCUT2D eigenvalue weighted by Gasteiger charge is -2.31. The second-order valence-corrected chi connectivity index (χ2v) is 11.3. The van der Waals surface area contributed by atoms with E-state index >= 15 is 0 Å². The van der Waals surface area contributed by atoms with Crippen LogP contribution < -0.4 is 5.32 Å². The van der Waals surface area contributed by atoms with Crippen molar-refractivity contribution in [2.45, 2.75) is 89.0 Å². The van der Waals surface area contributed by atoms with Crippen LogP contribution >= 0.6 is 0 Å². The number of carbonyl (C=O) groups is 2. The number of carbonyl (C=O) groups excluding carboxylic acids is 2. The SMILES string of the molecule is CCCCN(CCCC)S(=O)(=O)c1ccc(NC(=O)C2CC(=O)N(C3CCCCC3)C2)cc1. The molecule has 1 saturated heterocycles. The highest BCUT2D eigenvalue weighted by molar-refractivity contribution is 7.89. The second kappa shape index (κ2) is 12.0. The Hall–Kier alpha value is -1.93. The molecule has 1 N–H and O–H groups in total. The van der Waals surface area contributed by atoms with E-state index in [9.17, 15) is 18.0 Å². The number of anilines is 1. The van der Waals surface area contributed by atoms with Crippen LogP contribution in [0.2, 0.25) is 0 Å². The summed E-state index contributed by atoms with van der Waals surface area (Å²) in [5, 5.41) is 2.88. The average molecular weight is 478 g/mol. The van der Waals surface area contributed by atoms with Crippen molar-refractivity contribution in [2.75, 3.05) is 25.0 Å². The molecular weight excluding hydrogens is 438 g/mol. The van der Waals surface area contributed by atoms with Crippen LogP contribution in [-0.2, 0) is 19.6 Å². The van der Waals surface area contributed by atoms with Gasteiger partial charge in [-0.05, 0) is 49.9 Å². The highest BCUT2D eigenvalue weighted by Crippen LogP contribution is 2.29. The van der Waals surface area contributed by atoms with Crippen LogP contribution in [0.15, 0.2) is 29.2 Å². The minimum absolute atomic E-state index is 0.0720. The van der Waals surface area contributed by atoms with Crippen molar-refractivity contribution in [1.82, 2.24) is 9.21 Å². The Morgan fingerprint density at radius 2 is 1.64 bits per heavy atom. The van der Waals surface area contributed by atoms with Gasteiger partial charge in [-0.2, -0.15) is 4.31 Å². The summed E-state index contributed by atoms with van der Waals surface area (Å²) < 4.78 is 27.8. The largest absolute Gasteiger partial charge is 0.339 e. The fraction of sp³-hybridized carbons (Fsp3) is 0.680. The molecule has 1 atom stereocenters. The van der Waals surface area contributed by atoms with Gasteiger partial charge in [0.15, 0.2) is 0 Å². The van der Waals surface area contributed by atoms with E-state index in [0.29, 0.717) is 25.3 Å². The molecule has 1 aliphatic carbocycles. The van der Waals surface area contributed by atoms with Crippen LogP contribution in [-0.4, -0.2) is 55.1 Å². The summed E-state index contributed by atoms with van der Waals surface area (Å²) in [6, 6.07) is 6.67. The van der Waals surface area contributed by atoms with Crippen molar-refractivity contribution in [3.8, 4) is 0 Å². The van der Waals surface area contributed by atoms with Gasteiger partial charge in [-0.3, -0.25) is 9.59 Å². The smallest absolute Gasteiger partial charge is 0.243 e. The molecule has 184 valence electrons. The van der Waals surface area contributed by atoms with Gasteiger partial charge in [-0.15, -0.1) is 0 Å². The average Bonchev–Trinajstić information content (AvgIpc) is 3.21. The summed E-state index contributed by atoms with van der Waals surface area (Å²) in [6.45, 7) is 5.61. The predicted octanol–water partition coefficient (Wildman–Crippen LogP) is 4.40. The van der Waals surface area contributed by atoms with Gasteiger partial charge in [-0.1, -0.05) is 46.0 Å². The molecule has 0 aromatic heterocycles. The summed E-state index contributed by atoms with van der Waals surface area (Å²) >= 11 is 0. The number of hydrogen-bond acceptors (Lipinski definition) is 4. The number of amides is 2. The molecule has 0 spiro atoms. The minimum atomic E-state index is -3.56. The fourth-order valence-electron chi connectivity index (χ4n) is 4.78. The monoisotopic (exact) mass is 477 g/mol. The number of rotatable bonds is 11. The van der Waals surface area contributed by atoms with Crippen LogP contribution in [0.5, 0.6) is 0 Å². The summed E-state index contributed by atoms with van der Waals surface area (Å²) in [6.07, 6.45) is 9.36. The van der Waals surface area contributed by atoms with Gasteiger partial charge in [0, 0.05) is 37.8 Å². The second-order valence-electron chi connectivity index (χ2n) is 9.36. The molecule has 7 nitrogen and oxygen atoms in total. The fourth-order valence-corrected chi connectivity index (χ4v) is 6.29. The molecule has 1 aliphatic heterocycles. The molecule has 1 aromatic rings. The molecule has 0 radical (unpaired) electrons. The molecule has 1 saturated carbocycles. The molecule has 2 fully saturated rings. The zero-order valence-corrected chi connectivity index (χ0v) is 20.9. The number of unbranched alkanes of at least 4 members (excludes halogenated alkanes) is 2. The van der Waals surface area contributed by atoms with Crippen molar-refractivity contribution in [2.24, 2.45) is 5.92 Å². The molecule has 1 unspecified atom stereocenters. The maximum Gasteiger partial charge on any atom is 0.243 e. The third-order valence-corrected chi connectivity index (χ3v) is 8.74. The quantitative estimate of drug-likeness (QED) is 0.512. The lowest BCUT2D eigenvalue weighted by Crippen LogP contribution is -2.38. The summed E-state index contributed by atoms with van der Waals surface area (Å²) in [5.74, 6) is -0.464. The maximum atomic E-state index is 13.1. The first-order valence-corrected chi connectivity index (χ1v) is 14.0. The molecular formula is C25H39N3O4S. The molecule has 1 heterocycles. The summed E-state index contributed by atoms with van der Waals surface area (Å²) in [4.78, 5) is 27.4. The Morgan fingerprint density at radius 3 is 2.21 bits per heavy atom. The zero-order valence-electron chi connectivity index (χ0n) is 20.1. The van der Waals surface area contributed by atoms with Crippen LogP contribution in [0, 0.1) is 5.92 Å². The normalized spacial score (nSPS) is 19.9. The van der Waals surface area contributed by atoms with Crippen LogP contribution in [0.1, 0.15) is 78.1 Å². The number of nitrogens with zero attached hydrogens (tertiary/aromatic N) is 2. The van der Waals surface area contributed by atoms with E-state index < -0.39 is 10.0 Å². The third-order valence-electron chi connectivity index (χ3n) is 6.83. The Labute approximate surface area is 199 Å². The maximum absolute atomic E-state index is 13.1. The molecule has 33 heavy (non-hydrogen) atoms. The molecule has 3 rings (SSSR count). The molecule has 2 aliphatic rings. The number of nitrogens with one attached hydrogen (secondary N) is 1. The Kier molecular flexibility index (Phi) is 9.32. The predicted molar refractivity (Wildman–Crippen MR) is 130 cm³/mol. The van der Waals surface area contributed by atoms with E-state index in [2.05, 4.69) is 5.32 Å². The Balaban J connectivity index is 1.61. The van der Waals surface area contributed by atoms with Gasteiger partial charge >= 0.3 is 0 Å². The number of sulfonamides is 1. The van der Waals surface area contributed by atoms with Crippen LogP contribution in [0.4, 0.5) is 5.69 Å². The van der Waals surface area contributed by atoms with Crippen molar-refractivity contribution in [3.05, 3.63) is 24.3 Å². The van der Waals surface area contributed by atoms with Gasteiger partial charge in [-0.25, -0.2) is 8.42 Å². The first-order valence-electron chi connectivity index (χ1n) is 12.6. The number of likely N-dealkylation sites (tertiary alicyclic amines) is 1. The van der Waals surface area contributed by atoms with Gasteiger partial charge < -0.3 is 10.2 Å². The lowest BCUT2D eigenvalue weighted by atomic mass is 9.94. The van der Waals surface area contributed by atoms with Crippen molar-refractivity contribution in [1.29, 1.82) is 0 Å². The molecule has 8 heteroatoms. The van der Waals surface area contributed by atoms with Gasteiger partial charge in [0.25, 0.3) is 0 Å². The molecule has 0 bridgehead atoms. The Morgan fingerprint density at radius 1 is 1.03 bits per heavy atom. The molecule has 1 aromatic carbocycles. The third kappa shape index (κ3) is 6.57. The highest BCUT2D eigenvalue weighted by atomic mass is 32.2. The van der Waals surface area contributed by atoms with E-state index in [0.717, 1.165) is 51.4 Å². The first kappa shape index (κ1) is 25.7. The topological polar surface area (TPSA) is 86.8 Å². The van der Waals surface area contributed by atoms with E-state index in [1.54, 1.807) is 28.6 Å². The molecule has 2 amide bonds. The van der Waals surface area contributed by atoms with Crippen LogP contribution in [0.3, 0.4) is 0 Å². The van der Waals surface area contributed by atoms with E-state index in [-0.39, 0.29) is 35.1 Å². The lowest BCUT2D eigenvalue weighted by molar-refractivity contribution is -0.130. The van der Waals surface area contributed by atoms with Gasteiger partial charge in [0.05, 0.1) is 10.8 Å². The van der Waals surface area contributed by atoms with Gasteiger partial charge in [0.2, 0.25) is 21.8 Å². The zero-order chi connectivity index (χ0) is 23.8. The van der Waals surface area contributed by atoms with E-state index in [1.807, 2.05) is 18.7 Å². The number of hydrogen-bond donors (Lipinski definition) is 1. The summed E-state index contributed by atoms with van der Waals surface area (Å²) in [5.41, 5.74) is 0.552. The Bertz CT molecular complexity index is 887. The standard InChI is InChI=1S/C25H39N3O4S/c1-3-5-16-27(17-6-4-2)33(31,32)23-14-12-21(13-15-23)26-25(30)20-18-24(29)28(19-20)22-10-8-7-9-11-22/h12-15,20,22H,3-11,16-19H2,1-2H3,(H,26,30). The van der Waals surface area contributed by atoms with Crippen molar-refractivity contribution < 1.29 is 18.0 Å². The van der Waals surface area contributed by atoms with Crippen molar-refractivity contribution in [3.63, 3.8) is 0 Å². The highest BCUT2D eigenvalue weighted by Gasteiger charge is 2.38. The number of benzene rings is 1.